The van der Waals surface area contributed by atoms with E-state index in [0.29, 0.717) is 44.2 Å². The highest BCUT2D eigenvalue weighted by Gasteiger charge is 2.30. The molecule has 8 nitrogen and oxygen atoms in total. The Kier molecular flexibility index (Phi) is 7.32. The van der Waals surface area contributed by atoms with Crippen molar-refractivity contribution in [3.05, 3.63) is 24.2 Å². The number of carbonyl (C=O) groups is 2. The SMILES string of the molecule is CCOC(=O)C1CCN(C(=O)C(C)Sc2nnc(NCc3ccco3)s2)CC1. The molecule has 28 heavy (non-hydrogen) atoms. The molecule has 3 rings (SSSR count). The van der Waals surface area contributed by atoms with Crippen LogP contribution in [0.4, 0.5) is 5.13 Å². The lowest BCUT2D eigenvalue weighted by atomic mass is 9.97. The molecule has 1 aliphatic heterocycles. The fraction of sp³-hybridized carbons (Fsp3) is 0.556. The van der Waals surface area contributed by atoms with Gasteiger partial charge < -0.3 is 19.4 Å². The summed E-state index contributed by atoms with van der Waals surface area (Å²) in [5, 5.41) is 11.8. The number of esters is 1. The Bertz CT molecular complexity index is 772. The maximum absolute atomic E-state index is 12.7. The van der Waals surface area contributed by atoms with Crippen molar-refractivity contribution in [3.8, 4) is 0 Å². The van der Waals surface area contributed by atoms with Gasteiger partial charge in [0.25, 0.3) is 0 Å². The number of hydrogen-bond acceptors (Lipinski definition) is 9. The summed E-state index contributed by atoms with van der Waals surface area (Å²) in [4.78, 5) is 26.4. The average Bonchev–Trinajstić information content (AvgIpc) is 3.38. The predicted molar refractivity (Wildman–Crippen MR) is 107 cm³/mol. The molecule has 0 aromatic carbocycles. The molecule has 0 bridgehead atoms. The smallest absolute Gasteiger partial charge is 0.309 e. The second-order valence-corrected chi connectivity index (χ2v) is 8.98. The van der Waals surface area contributed by atoms with Gasteiger partial charge in [-0.2, -0.15) is 0 Å². The number of aromatic nitrogens is 2. The summed E-state index contributed by atoms with van der Waals surface area (Å²) in [6, 6.07) is 3.72. The summed E-state index contributed by atoms with van der Waals surface area (Å²) in [6.07, 6.45) is 2.93. The third kappa shape index (κ3) is 5.48. The van der Waals surface area contributed by atoms with Gasteiger partial charge in [0.05, 0.1) is 30.6 Å². The van der Waals surface area contributed by atoms with E-state index < -0.39 is 0 Å². The van der Waals surface area contributed by atoms with Gasteiger partial charge in [-0.1, -0.05) is 23.1 Å². The van der Waals surface area contributed by atoms with Crippen molar-refractivity contribution in [3.63, 3.8) is 0 Å². The van der Waals surface area contributed by atoms with E-state index in [1.807, 2.05) is 24.0 Å². The van der Waals surface area contributed by atoms with E-state index in [-0.39, 0.29) is 23.0 Å². The van der Waals surface area contributed by atoms with Crippen molar-refractivity contribution in [2.24, 2.45) is 5.92 Å². The minimum Gasteiger partial charge on any atom is -0.467 e. The number of amides is 1. The van der Waals surface area contributed by atoms with Gasteiger partial charge in [-0.15, -0.1) is 10.2 Å². The number of carbonyl (C=O) groups excluding carboxylic acids is 2. The molecule has 0 aliphatic carbocycles. The Morgan fingerprint density at radius 2 is 2.21 bits per heavy atom. The van der Waals surface area contributed by atoms with E-state index in [1.165, 1.54) is 23.1 Å². The maximum Gasteiger partial charge on any atom is 0.309 e. The number of furan rings is 1. The molecule has 1 saturated heterocycles. The first-order valence-corrected chi connectivity index (χ1v) is 11.0. The van der Waals surface area contributed by atoms with Gasteiger partial charge >= 0.3 is 5.97 Å². The molecule has 1 aliphatic rings. The second-order valence-electron chi connectivity index (χ2n) is 6.42. The van der Waals surface area contributed by atoms with E-state index in [0.717, 1.165) is 10.1 Å². The molecular formula is C18H24N4O4S2. The van der Waals surface area contributed by atoms with Gasteiger partial charge in [0.2, 0.25) is 11.0 Å². The number of ether oxygens (including phenoxy) is 1. The van der Waals surface area contributed by atoms with Crippen LogP contribution in [0.5, 0.6) is 0 Å². The summed E-state index contributed by atoms with van der Waals surface area (Å²) in [5.74, 6) is 0.630. The molecule has 1 N–H and O–H groups in total. The standard InChI is InChI=1S/C18H24N4O4S2/c1-3-25-16(24)13-6-8-22(9-7-13)15(23)12(2)27-18-21-20-17(28-18)19-11-14-5-4-10-26-14/h4-5,10,12-13H,3,6-9,11H2,1-2H3,(H,19,20). The Hall–Kier alpha value is -2.07. The van der Waals surface area contributed by atoms with Crippen molar-refractivity contribution >= 4 is 40.1 Å². The Labute approximate surface area is 172 Å². The number of hydrogen-bond donors (Lipinski definition) is 1. The highest BCUT2D eigenvalue weighted by atomic mass is 32.2. The third-order valence-corrected chi connectivity index (χ3v) is 6.51. The van der Waals surface area contributed by atoms with Crippen LogP contribution >= 0.6 is 23.1 Å². The molecule has 1 amide bonds. The largest absolute Gasteiger partial charge is 0.467 e. The van der Waals surface area contributed by atoms with Gasteiger partial charge in [-0.05, 0) is 38.8 Å². The van der Waals surface area contributed by atoms with E-state index >= 15 is 0 Å². The van der Waals surface area contributed by atoms with Crippen molar-refractivity contribution in [2.45, 2.75) is 42.8 Å². The van der Waals surface area contributed by atoms with Crippen LogP contribution in [0, 0.1) is 5.92 Å². The number of rotatable bonds is 8. The van der Waals surface area contributed by atoms with Crippen LogP contribution < -0.4 is 5.32 Å². The van der Waals surface area contributed by atoms with Gasteiger partial charge in [-0.3, -0.25) is 9.59 Å². The van der Waals surface area contributed by atoms with Crippen LogP contribution in [0.15, 0.2) is 27.2 Å². The molecule has 0 saturated carbocycles. The van der Waals surface area contributed by atoms with Crippen LogP contribution in [0.25, 0.3) is 0 Å². The monoisotopic (exact) mass is 424 g/mol. The van der Waals surface area contributed by atoms with Gasteiger partial charge in [-0.25, -0.2) is 0 Å². The summed E-state index contributed by atoms with van der Waals surface area (Å²) in [6.45, 7) is 5.78. The maximum atomic E-state index is 12.7. The van der Waals surface area contributed by atoms with Crippen molar-refractivity contribution in [2.75, 3.05) is 25.0 Å². The number of anilines is 1. The lowest BCUT2D eigenvalue weighted by Gasteiger charge is -2.32. The fourth-order valence-corrected chi connectivity index (χ4v) is 4.93. The first kappa shape index (κ1) is 20.7. The minimum atomic E-state index is -0.259. The average molecular weight is 425 g/mol. The van der Waals surface area contributed by atoms with E-state index in [4.69, 9.17) is 9.15 Å². The lowest BCUT2D eigenvalue weighted by molar-refractivity contribution is -0.151. The topological polar surface area (TPSA) is 97.6 Å². The third-order valence-electron chi connectivity index (χ3n) is 4.45. The predicted octanol–water partition coefficient (Wildman–Crippen LogP) is 3.03. The van der Waals surface area contributed by atoms with Gasteiger partial charge in [0, 0.05) is 13.1 Å². The van der Waals surface area contributed by atoms with Gasteiger partial charge in [0.1, 0.15) is 5.76 Å². The van der Waals surface area contributed by atoms with Crippen molar-refractivity contribution in [1.29, 1.82) is 0 Å². The van der Waals surface area contributed by atoms with Crippen LogP contribution in [0.2, 0.25) is 0 Å². The van der Waals surface area contributed by atoms with Crippen LogP contribution in [0.3, 0.4) is 0 Å². The molecular weight excluding hydrogens is 400 g/mol. The van der Waals surface area contributed by atoms with E-state index in [9.17, 15) is 9.59 Å². The number of likely N-dealkylation sites (tertiary alicyclic amines) is 1. The molecule has 1 fully saturated rings. The summed E-state index contributed by atoms with van der Waals surface area (Å²) in [5.41, 5.74) is 0. The quantitative estimate of drug-likeness (QED) is 0.510. The molecule has 1 atom stereocenters. The second kappa shape index (κ2) is 9.92. The zero-order chi connectivity index (χ0) is 19.9. The van der Waals surface area contributed by atoms with Crippen LogP contribution in [0.1, 0.15) is 32.4 Å². The highest BCUT2D eigenvalue weighted by molar-refractivity contribution is 8.02. The molecule has 0 radical (unpaired) electrons. The molecule has 1 unspecified atom stereocenters. The first-order chi connectivity index (χ1) is 13.6. The minimum absolute atomic E-state index is 0.0626. The van der Waals surface area contributed by atoms with Gasteiger partial charge in [0.15, 0.2) is 4.34 Å². The lowest BCUT2D eigenvalue weighted by Crippen LogP contribution is -2.43. The Balaban J connectivity index is 1.45. The van der Waals surface area contributed by atoms with Crippen LogP contribution in [-0.2, 0) is 20.9 Å². The molecule has 0 spiro atoms. The van der Waals surface area contributed by atoms with Crippen LogP contribution in [-0.4, -0.2) is 51.9 Å². The summed E-state index contributed by atoms with van der Waals surface area (Å²) >= 11 is 2.82. The Morgan fingerprint density at radius 1 is 1.43 bits per heavy atom. The van der Waals surface area contributed by atoms with E-state index in [1.54, 1.807) is 13.2 Å². The number of nitrogens with one attached hydrogen (secondary N) is 1. The summed E-state index contributed by atoms with van der Waals surface area (Å²) in [7, 11) is 0. The molecule has 2 aromatic rings. The van der Waals surface area contributed by atoms with Crippen molar-refractivity contribution in [1.82, 2.24) is 15.1 Å². The molecule has 2 aromatic heterocycles. The highest BCUT2D eigenvalue weighted by Crippen LogP contribution is 2.30. The van der Waals surface area contributed by atoms with Crippen molar-refractivity contribution < 1.29 is 18.7 Å². The molecule has 3 heterocycles. The number of piperidine rings is 1. The normalized spacial score (nSPS) is 16.0. The number of nitrogens with zero attached hydrogens (tertiary/aromatic N) is 3. The zero-order valence-corrected chi connectivity index (χ0v) is 17.6. The zero-order valence-electron chi connectivity index (χ0n) is 15.9. The fourth-order valence-electron chi connectivity index (χ4n) is 2.96. The molecule has 10 heteroatoms. The first-order valence-electron chi connectivity index (χ1n) is 9.28. The summed E-state index contributed by atoms with van der Waals surface area (Å²) < 4.78 is 11.1. The van der Waals surface area contributed by atoms with E-state index in [2.05, 4.69) is 15.5 Å². The Morgan fingerprint density at radius 3 is 2.89 bits per heavy atom. The molecule has 152 valence electrons. The number of thioether (sulfide) groups is 1.